The molecule has 1 aromatic rings. The van der Waals surface area contributed by atoms with Crippen molar-refractivity contribution in [3.63, 3.8) is 0 Å². The minimum absolute atomic E-state index is 0.0289. The number of rotatable bonds is 5. The van der Waals surface area contributed by atoms with E-state index in [1.807, 2.05) is 43.3 Å². The molecular weight excluding hydrogens is 238 g/mol. The predicted octanol–water partition coefficient (Wildman–Crippen LogP) is 2.22. The number of nitrogens with zero attached hydrogens (tertiary/aromatic N) is 1. The molecule has 1 amide bonds. The second kappa shape index (κ2) is 6.57. The summed E-state index contributed by atoms with van der Waals surface area (Å²) in [6.45, 7) is 0.395. The molecular formula is C15H23N3O. The van der Waals surface area contributed by atoms with Gasteiger partial charge < -0.3 is 15.5 Å². The fourth-order valence-electron chi connectivity index (χ4n) is 2.53. The average Bonchev–Trinajstić information content (AvgIpc) is 2.90. The maximum Gasteiger partial charge on any atom is 0.238 e. The van der Waals surface area contributed by atoms with Crippen LogP contribution in [0.15, 0.2) is 24.3 Å². The van der Waals surface area contributed by atoms with Crippen molar-refractivity contribution >= 4 is 17.3 Å². The number of benzene rings is 1. The molecule has 0 unspecified atom stereocenters. The highest BCUT2D eigenvalue weighted by Crippen LogP contribution is 2.23. The summed E-state index contributed by atoms with van der Waals surface area (Å²) >= 11 is 0. The van der Waals surface area contributed by atoms with Gasteiger partial charge in [0.15, 0.2) is 0 Å². The molecule has 1 fully saturated rings. The van der Waals surface area contributed by atoms with E-state index in [0.29, 0.717) is 12.6 Å². The van der Waals surface area contributed by atoms with Crippen LogP contribution in [-0.4, -0.2) is 32.6 Å². The van der Waals surface area contributed by atoms with Gasteiger partial charge in [-0.1, -0.05) is 25.0 Å². The highest BCUT2D eigenvalue weighted by Gasteiger charge is 2.15. The molecule has 1 aliphatic rings. The third kappa shape index (κ3) is 3.96. The van der Waals surface area contributed by atoms with Crippen LogP contribution in [0.1, 0.15) is 25.7 Å². The minimum atomic E-state index is 0.0289. The van der Waals surface area contributed by atoms with Crippen LogP contribution in [0.2, 0.25) is 0 Å². The fourth-order valence-corrected chi connectivity index (χ4v) is 2.53. The van der Waals surface area contributed by atoms with Crippen molar-refractivity contribution in [2.45, 2.75) is 31.7 Å². The van der Waals surface area contributed by atoms with Gasteiger partial charge in [-0.3, -0.25) is 4.79 Å². The SMILES string of the molecule is CN(C)c1ccccc1NC(=O)CNC1CCCC1. The van der Waals surface area contributed by atoms with Gasteiger partial charge in [-0.15, -0.1) is 0 Å². The first-order chi connectivity index (χ1) is 9.16. The quantitative estimate of drug-likeness (QED) is 0.854. The van der Waals surface area contributed by atoms with E-state index < -0.39 is 0 Å². The normalized spacial score (nSPS) is 15.5. The smallest absolute Gasteiger partial charge is 0.238 e. The molecule has 0 aromatic heterocycles. The topological polar surface area (TPSA) is 44.4 Å². The molecule has 0 aliphatic heterocycles. The van der Waals surface area contributed by atoms with E-state index >= 15 is 0 Å². The van der Waals surface area contributed by atoms with E-state index in [1.165, 1.54) is 25.7 Å². The standard InChI is InChI=1S/C15H23N3O/c1-18(2)14-10-6-5-9-13(14)17-15(19)11-16-12-7-3-4-8-12/h5-6,9-10,12,16H,3-4,7-8,11H2,1-2H3,(H,17,19). The number of carbonyl (C=O) groups is 1. The van der Waals surface area contributed by atoms with Gasteiger partial charge in [0.2, 0.25) is 5.91 Å². The summed E-state index contributed by atoms with van der Waals surface area (Å²) in [6.07, 6.45) is 4.95. The molecule has 2 rings (SSSR count). The van der Waals surface area contributed by atoms with Gasteiger partial charge in [0.1, 0.15) is 0 Å². The van der Waals surface area contributed by atoms with Crippen molar-refractivity contribution < 1.29 is 4.79 Å². The van der Waals surface area contributed by atoms with E-state index in [2.05, 4.69) is 10.6 Å². The third-order valence-electron chi connectivity index (χ3n) is 3.57. The summed E-state index contributed by atoms with van der Waals surface area (Å²) in [4.78, 5) is 14.0. The van der Waals surface area contributed by atoms with Crippen LogP contribution in [-0.2, 0) is 4.79 Å². The van der Waals surface area contributed by atoms with E-state index in [4.69, 9.17) is 0 Å². The maximum absolute atomic E-state index is 12.0. The van der Waals surface area contributed by atoms with Gasteiger partial charge in [-0.05, 0) is 25.0 Å². The molecule has 4 heteroatoms. The zero-order chi connectivity index (χ0) is 13.7. The van der Waals surface area contributed by atoms with Crippen LogP contribution in [0.3, 0.4) is 0 Å². The Morgan fingerprint density at radius 3 is 2.63 bits per heavy atom. The lowest BCUT2D eigenvalue weighted by molar-refractivity contribution is -0.115. The number of hydrogen-bond donors (Lipinski definition) is 2. The highest BCUT2D eigenvalue weighted by molar-refractivity contribution is 5.95. The largest absolute Gasteiger partial charge is 0.376 e. The molecule has 1 aromatic carbocycles. The molecule has 2 N–H and O–H groups in total. The van der Waals surface area contributed by atoms with Crippen LogP contribution >= 0.6 is 0 Å². The highest BCUT2D eigenvalue weighted by atomic mass is 16.1. The number of amides is 1. The lowest BCUT2D eigenvalue weighted by Crippen LogP contribution is -2.34. The van der Waals surface area contributed by atoms with Gasteiger partial charge >= 0.3 is 0 Å². The van der Waals surface area contributed by atoms with Crippen LogP contribution < -0.4 is 15.5 Å². The van der Waals surface area contributed by atoms with Crippen molar-refractivity contribution in [1.82, 2.24) is 5.32 Å². The first kappa shape index (κ1) is 13.9. The van der Waals surface area contributed by atoms with Gasteiger partial charge in [-0.25, -0.2) is 0 Å². The first-order valence-corrected chi connectivity index (χ1v) is 6.96. The number of nitrogens with one attached hydrogen (secondary N) is 2. The van der Waals surface area contributed by atoms with Gasteiger partial charge in [-0.2, -0.15) is 0 Å². The molecule has 0 heterocycles. The number of para-hydroxylation sites is 2. The van der Waals surface area contributed by atoms with Gasteiger partial charge in [0, 0.05) is 20.1 Å². The minimum Gasteiger partial charge on any atom is -0.376 e. The Bertz CT molecular complexity index is 425. The summed E-state index contributed by atoms with van der Waals surface area (Å²) < 4.78 is 0. The molecule has 1 saturated carbocycles. The van der Waals surface area contributed by atoms with Crippen LogP contribution in [0.5, 0.6) is 0 Å². The summed E-state index contributed by atoms with van der Waals surface area (Å²) in [6, 6.07) is 8.37. The Kier molecular flexibility index (Phi) is 4.80. The Morgan fingerprint density at radius 1 is 1.26 bits per heavy atom. The Labute approximate surface area is 115 Å². The fraction of sp³-hybridized carbons (Fsp3) is 0.533. The molecule has 19 heavy (non-hydrogen) atoms. The van der Waals surface area contributed by atoms with Crippen molar-refractivity contribution in [1.29, 1.82) is 0 Å². The van der Waals surface area contributed by atoms with Crippen molar-refractivity contribution in [2.75, 3.05) is 30.9 Å². The van der Waals surface area contributed by atoms with Crippen molar-refractivity contribution in [3.8, 4) is 0 Å². The molecule has 104 valence electrons. The molecule has 0 bridgehead atoms. The zero-order valence-electron chi connectivity index (χ0n) is 11.8. The van der Waals surface area contributed by atoms with Crippen molar-refractivity contribution in [3.05, 3.63) is 24.3 Å². The zero-order valence-corrected chi connectivity index (χ0v) is 11.8. The third-order valence-corrected chi connectivity index (χ3v) is 3.57. The second-order valence-corrected chi connectivity index (χ2v) is 5.32. The summed E-state index contributed by atoms with van der Waals surface area (Å²) in [5, 5.41) is 6.30. The lowest BCUT2D eigenvalue weighted by atomic mass is 10.2. The molecule has 0 spiro atoms. The van der Waals surface area contributed by atoms with E-state index in [-0.39, 0.29) is 5.91 Å². The van der Waals surface area contributed by atoms with Gasteiger partial charge in [0.25, 0.3) is 0 Å². The number of carbonyl (C=O) groups excluding carboxylic acids is 1. The van der Waals surface area contributed by atoms with E-state index in [0.717, 1.165) is 11.4 Å². The molecule has 4 nitrogen and oxygen atoms in total. The first-order valence-electron chi connectivity index (χ1n) is 6.96. The molecule has 1 aliphatic carbocycles. The van der Waals surface area contributed by atoms with Crippen LogP contribution in [0.25, 0.3) is 0 Å². The second-order valence-electron chi connectivity index (χ2n) is 5.32. The Morgan fingerprint density at radius 2 is 1.95 bits per heavy atom. The Balaban J connectivity index is 1.87. The van der Waals surface area contributed by atoms with E-state index in [1.54, 1.807) is 0 Å². The van der Waals surface area contributed by atoms with Crippen LogP contribution in [0, 0.1) is 0 Å². The number of hydrogen-bond acceptors (Lipinski definition) is 3. The predicted molar refractivity (Wildman–Crippen MR) is 79.7 cm³/mol. The summed E-state index contributed by atoms with van der Waals surface area (Å²) in [5.74, 6) is 0.0289. The Hall–Kier alpha value is -1.55. The molecule has 0 radical (unpaired) electrons. The summed E-state index contributed by atoms with van der Waals surface area (Å²) in [5.41, 5.74) is 1.89. The summed E-state index contributed by atoms with van der Waals surface area (Å²) in [7, 11) is 3.95. The van der Waals surface area contributed by atoms with Crippen molar-refractivity contribution in [2.24, 2.45) is 0 Å². The lowest BCUT2D eigenvalue weighted by Gasteiger charge is -2.18. The molecule has 0 atom stereocenters. The number of anilines is 2. The van der Waals surface area contributed by atoms with Crippen LogP contribution in [0.4, 0.5) is 11.4 Å². The monoisotopic (exact) mass is 261 g/mol. The average molecular weight is 261 g/mol. The molecule has 0 saturated heterocycles. The van der Waals surface area contributed by atoms with Gasteiger partial charge in [0.05, 0.1) is 17.9 Å². The van der Waals surface area contributed by atoms with E-state index in [9.17, 15) is 4.79 Å². The maximum atomic E-state index is 12.0.